The van der Waals surface area contributed by atoms with Gasteiger partial charge in [-0.3, -0.25) is 4.90 Å². The molecule has 0 saturated carbocycles. The Bertz CT molecular complexity index is 2620. The SMILES string of the molecule is C=CCCc1sc2ncnc3c2c1-c1c(C)c(Cl)c(c(Cl)c1C)O[C@H](CN1CCN(C)CC1)COc1ccc(OCc2ccnc(-c4ccccc4OC)n2)c(c1)C[C@H](C(=O)O)O3. The van der Waals surface area contributed by atoms with Crippen molar-refractivity contribution in [3.8, 4) is 51.4 Å². The van der Waals surface area contributed by atoms with Crippen molar-refractivity contribution in [2.75, 3.05) is 53.5 Å². The molecule has 63 heavy (non-hydrogen) atoms. The lowest BCUT2D eigenvalue weighted by Gasteiger charge is -2.35. The number of carbonyl (C=O) groups is 1. The van der Waals surface area contributed by atoms with Gasteiger partial charge in [0.15, 0.2) is 11.6 Å². The number of rotatable bonds is 11. The average molecular weight is 912 g/mol. The first-order valence-electron chi connectivity index (χ1n) is 20.7. The molecule has 2 atom stereocenters. The highest BCUT2D eigenvalue weighted by Gasteiger charge is 2.31. The van der Waals surface area contributed by atoms with E-state index in [4.69, 9.17) is 51.9 Å². The predicted octanol–water partition coefficient (Wildman–Crippen LogP) is 8.91. The molecule has 1 fully saturated rings. The van der Waals surface area contributed by atoms with Crippen molar-refractivity contribution in [3.05, 3.63) is 111 Å². The number of carboxylic acids is 1. The van der Waals surface area contributed by atoms with Crippen LogP contribution >= 0.6 is 34.5 Å². The highest BCUT2D eigenvalue weighted by Crippen LogP contribution is 2.51. The first-order chi connectivity index (χ1) is 30.5. The zero-order valence-corrected chi connectivity index (χ0v) is 37.9. The Morgan fingerprint density at radius 1 is 1.00 bits per heavy atom. The van der Waals surface area contributed by atoms with Crippen LogP contribution in [0.25, 0.3) is 32.7 Å². The van der Waals surface area contributed by atoms with Gasteiger partial charge in [-0.1, -0.05) is 41.4 Å². The number of para-hydroxylation sites is 1. The van der Waals surface area contributed by atoms with Gasteiger partial charge in [0.05, 0.1) is 33.8 Å². The van der Waals surface area contributed by atoms with Crippen LogP contribution in [0.1, 0.15) is 33.7 Å². The number of aryl methyl sites for hydroxylation is 1. The number of aliphatic carboxylic acids is 1. The maximum atomic E-state index is 13.2. The second-order valence-electron chi connectivity index (χ2n) is 15.6. The van der Waals surface area contributed by atoms with Gasteiger partial charge in [-0.15, -0.1) is 17.9 Å². The van der Waals surface area contributed by atoms with Crippen molar-refractivity contribution in [1.82, 2.24) is 29.7 Å². The number of halogens is 2. The Labute approximate surface area is 380 Å². The summed E-state index contributed by atoms with van der Waals surface area (Å²) in [6.07, 6.45) is 4.25. The Hall–Kier alpha value is -5.51. The van der Waals surface area contributed by atoms with Crippen molar-refractivity contribution in [3.63, 3.8) is 0 Å². The number of carboxylic acid groups (broad SMARTS) is 1. The largest absolute Gasteiger partial charge is 0.496 e. The molecule has 13 nitrogen and oxygen atoms in total. The van der Waals surface area contributed by atoms with Gasteiger partial charge in [-0.2, -0.15) is 0 Å². The number of aromatic nitrogens is 4. The first kappa shape index (κ1) is 44.1. The Balaban J connectivity index is 1.23. The van der Waals surface area contributed by atoms with Gasteiger partial charge < -0.3 is 33.7 Å². The fourth-order valence-corrected chi connectivity index (χ4v) is 9.64. The molecule has 0 unspecified atom stereocenters. The van der Waals surface area contributed by atoms with Gasteiger partial charge in [-0.25, -0.2) is 24.7 Å². The average Bonchev–Trinajstić information content (AvgIpc) is 3.66. The normalized spacial score (nSPS) is 17.0. The zero-order valence-electron chi connectivity index (χ0n) is 35.5. The number of likely N-dealkylation sites (N-methyl/N-ethyl adjacent to an activating group) is 1. The third kappa shape index (κ3) is 9.56. The number of methoxy groups -OCH3 is 1. The summed E-state index contributed by atoms with van der Waals surface area (Å²) in [6.45, 7) is 12.2. The molecule has 9 rings (SSSR count). The maximum Gasteiger partial charge on any atom is 0.345 e. The van der Waals surface area contributed by atoms with Gasteiger partial charge in [0, 0.05) is 61.3 Å². The van der Waals surface area contributed by atoms with Crippen LogP contribution in [0.15, 0.2) is 73.7 Å². The van der Waals surface area contributed by atoms with Crippen molar-refractivity contribution >= 4 is 50.7 Å². The molecule has 0 aliphatic carbocycles. The molecular weight excluding hydrogens is 864 g/mol. The summed E-state index contributed by atoms with van der Waals surface area (Å²) in [6, 6.07) is 14.6. The van der Waals surface area contributed by atoms with Crippen LogP contribution in [-0.2, 0) is 24.2 Å². The second kappa shape index (κ2) is 19.5. The minimum atomic E-state index is -1.40. The molecule has 3 aromatic carbocycles. The number of benzene rings is 3. The number of fused-ring (bicyclic) bond motifs is 7. The van der Waals surface area contributed by atoms with Gasteiger partial charge in [0.25, 0.3) is 0 Å². The van der Waals surface area contributed by atoms with Crippen molar-refractivity contribution in [2.24, 2.45) is 0 Å². The fourth-order valence-electron chi connectivity index (χ4n) is 7.98. The lowest BCUT2D eigenvalue weighted by atomic mass is 9.92. The number of hydrogen-bond donors (Lipinski definition) is 1. The summed E-state index contributed by atoms with van der Waals surface area (Å²) < 4.78 is 31.8. The molecule has 6 heterocycles. The highest BCUT2D eigenvalue weighted by molar-refractivity contribution is 7.19. The van der Waals surface area contributed by atoms with E-state index >= 15 is 0 Å². The van der Waals surface area contributed by atoms with E-state index in [-0.39, 0.29) is 25.5 Å². The smallest absolute Gasteiger partial charge is 0.345 e. The van der Waals surface area contributed by atoms with Crippen LogP contribution in [-0.4, -0.2) is 107 Å². The van der Waals surface area contributed by atoms with Crippen molar-refractivity contribution in [1.29, 1.82) is 0 Å². The summed E-state index contributed by atoms with van der Waals surface area (Å²) >= 11 is 16.1. The maximum absolute atomic E-state index is 13.2. The quantitative estimate of drug-likeness (QED) is 0.124. The Morgan fingerprint density at radius 3 is 2.52 bits per heavy atom. The third-order valence-corrected chi connectivity index (χ3v) is 13.4. The van der Waals surface area contributed by atoms with Crippen LogP contribution in [0, 0.1) is 13.8 Å². The Kier molecular flexibility index (Phi) is 13.6. The predicted molar refractivity (Wildman–Crippen MR) is 245 cm³/mol. The van der Waals surface area contributed by atoms with E-state index in [0.717, 1.165) is 58.9 Å². The third-order valence-electron chi connectivity index (χ3n) is 11.3. The van der Waals surface area contributed by atoms with E-state index in [9.17, 15) is 9.90 Å². The number of thiophene rings is 1. The van der Waals surface area contributed by atoms with Gasteiger partial charge in [0.2, 0.25) is 12.0 Å². The number of allylic oxidation sites excluding steroid dienone is 1. The van der Waals surface area contributed by atoms with E-state index < -0.39 is 18.2 Å². The van der Waals surface area contributed by atoms with E-state index in [1.165, 1.54) is 17.7 Å². The number of piperazine rings is 1. The lowest BCUT2D eigenvalue weighted by molar-refractivity contribution is -0.145. The van der Waals surface area contributed by atoms with Crippen LogP contribution < -0.4 is 23.7 Å². The van der Waals surface area contributed by atoms with E-state index in [0.29, 0.717) is 79.7 Å². The molecule has 0 spiro atoms. The minimum absolute atomic E-state index is 0.0626. The lowest BCUT2D eigenvalue weighted by Crippen LogP contribution is -2.49. The van der Waals surface area contributed by atoms with Crippen LogP contribution in [0.4, 0.5) is 0 Å². The van der Waals surface area contributed by atoms with Crippen molar-refractivity contribution in [2.45, 2.75) is 51.9 Å². The van der Waals surface area contributed by atoms with E-state index in [1.807, 2.05) is 44.2 Å². The van der Waals surface area contributed by atoms with Crippen LogP contribution in [0.3, 0.4) is 0 Å². The van der Waals surface area contributed by atoms with E-state index in [2.05, 4.69) is 38.4 Å². The monoisotopic (exact) mass is 910 g/mol. The number of hydrogen-bond acceptors (Lipinski definition) is 13. The molecule has 3 aromatic heterocycles. The van der Waals surface area contributed by atoms with Crippen LogP contribution in [0.5, 0.6) is 28.9 Å². The molecule has 1 saturated heterocycles. The van der Waals surface area contributed by atoms with Gasteiger partial charge in [0.1, 0.15) is 47.7 Å². The molecule has 4 bridgehead atoms. The van der Waals surface area contributed by atoms with Gasteiger partial charge in [-0.05, 0) is 86.8 Å². The first-order valence-corrected chi connectivity index (χ1v) is 22.3. The molecule has 3 aliphatic heterocycles. The number of ether oxygens (including phenoxy) is 5. The standard InChI is InChI=1S/C47H48Cl2N6O7S/c1-6-7-12-37-39-38-27(2)41(48)43(42(49)28(38)3)61-32(23-55-19-17-54(4)18-20-55)25-59-31-13-14-34(60-24-30-15-16-50-44(53-30)33-10-8-9-11-35(33)58-5)29(21-31)22-36(47(56)57)62-45-40(39)46(63-37)52-26-51-45/h6,8-11,13-16,21,26,32,36H,1,7,12,17-20,22-25H2,2-5H3,(H,56,57)/t32-,36-/m1/s1. The molecule has 1 N–H and O–H groups in total. The summed E-state index contributed by atoms with van der Waals surface area (Å²) in [5, 5.41) is 12.1. The fraction of sp³-hybridized carbons (Fsp3) is 0.340. The molecule has 3 aliphatic rings. The number of nitrogens with zero attached hydrogens (tertiary/aromatic N) is 6. The highest BCUT2D eigenvalue weighted by atomic mass is 35.5. The summed E-state index contributed by atoms with van der Waals surface area (Å²) in [5.41, 5.74) is 4.93. The summed E-state index contributed by atoms with van der Waals surface area (Å²) in [5.74, 6) is 1.33. The van der Waals surface area contributed by atoms with Crippen molar-refractivity contribution < 1.29 is 33.6 Å². The Morgan fingerprint density at radius 2 is 1.78 bits per heavy atom. The molecule has 16 heteroatoms. The topological polar surface area (TPSA) is 141 Å². The second-order valence-corrected chi connectivity index (χ2v) is 17.4. The zero-order chi connectivity index (χ0) is 44.2. The summed E-state index contributed by atoms with van der Waals surface area (Å²) in [4.78, 5) is 37.9. The molecule has 0 radical (unpaired) electrons. The van der Waals surface area contributed by atoms with Crippen LogP contribution in [0.2, 0.25) is 10.0 Å². The molecular formula is C47H48Cl2N6O7S. The molecule has 6 aromatic rings. The van der Waals surface area contributed by atoms with Gasteiger partial charge >= 0.3 is 5.97 Å². The van der Waals surface area contributed by atoms with E-state index in [1.54, 1.807) is 37.6 Å². The summed E-state index contributed by atoms with van der Waals surface area (Å²) in [7, 11) is 3.72. The molecule has 328 valence electrons. The molecule has 0 amide bonds. The minimum Gasteiger partial charge on any atom is -0.496 e.